The standard InChI is InChI=1S/C20H27N5O2S/c1-19(2,22-18(26)27)12-15-14-6-4-3-5-13(14)11-20(15)7-9-25(10-8-20)17-24-23-16(21)28-17/h3-6,15,22H,7-12H2,1-2H3,(H2,21,23)(H,26,27)/t15-/m1/s1. The molecule has 0 unspecified atom stereocenters. The highest BCUT2D eigenvalue weighted by Crippen LogP contribution is 2.56. The van der Waals surface area contributed by atoms with E-state index in [0.29, 0.717) is 11.0 Å². The number of carbonyl (C=O) groups is 1. The summed E-state index contributed by atoms with van der Waals surface area (Å²) in [5, 5.41) is 21.5. The molecule has 1 amide bonds. The van der Waals surface area contributed by atoms with Crippen LogP contribution in [0.4, 0.5) is 15.1 Å². The van der Waals surface area contributed by atoms with E-state index in [-0.39, 0.29) is 5.41 Å². The summed E-state index contributed by atoms with van der Waals surface area (Å²) >= 11 is 1.44. The van der Waals surface area contributed by atoms with E-state index in [1.165, 1.54) is 22.5 Å². The molecule has 2 aliphatic rings. The fourth-order valence-corrected chi connectivity index (χ4v) is 5.73. The van der Waals surface area contributed by atoms with Gasteiger partial charge in [-0.15, -0.1) is 10.2 Å². The zero-order valence-corrected chi connectivity index (χ0v) is 17.1. The van der Waals surface area contributed by atoms with Gasteiger partial charge in [-0.05, 0) is 62.0 Å². The highest BCUT2D eigenvalue weighted by molar-refractivity contribution is 7.18. The summed E-state index contributed by atoms with van der Waals surface area (Å²) < 4.78 is 0. The molecule has 8 heteroatoms. The van der Waals surface area contributed by atoms with Crippen molar-refractivity contribution in [2.75, 3.05) is 23.7 Å². The molecular formula is C20H27N5O2S. The van der Waals surface area contributed by atoms with E-state index in [2.05, 4.69) is 44.7 Å². The Hall–Kier alpha value is -2.35. The number of hydrogen-bond donors (Lipinski definition) is 3. The number of fused-ring (bicyclic) bond motifs is 1. The summed E-state index contributed by atoms with van der Waals surface area (Å²) in [5.74, 6) is 0.340. The van der Waals surface area contributed by atoms with Crippen molar-refractivity contribution in [3.05, 3.63) is 35.4 Å². The Bertz CT molecular complexity index is 873. The number of piperidine rings is 1. The van der Waals surface area contributed by atoms with Gasteiger partial charge in [-0.25, -0.2) is 4.79 Å². The van der Waals surface area contributed by atoms with Gasteiger partial charge in [0.15, 0.2) is 0 Å². The molecule has 1 fully saturated rings. The molecule has 1 saturated heterocycles. The summed E-state index contributed by atoms with van der Waals surface area (Å²) in [6.07, 6.45) is 2.99. The van der Waals surface area contributed by atoms with Gasteiger partial charge in [-0.3, -0.25) is 0 Å². The number of anilines is 2. The van der Waals surface area contributed by atoms with E-state index in [0.717, 1.165) is 43.9 Å². The number of carboxylic acid groups (broad SMARTS) is 1. The van der Waals surface area contributed by atoms with Crippen molar-refractivity contribution >= 4 is 27.7 Å². The lowest BCUT2D eigenvalue weighted by molar-refractivity contribution is 0.143. The molecular weight excluding hydrogens is 374 g/mol. The van der Waals surface area contributed by atoms with Gasteiger partial charge in [-0.1, -0.05) is 35.6 Å². The van der Waals surface area contributed by atoms with Gasteiger partial charge < -0.3 is 21.1 Å². The fraction of sp³-hybridized carbons (Fsp3) is 0.550. The lowest BCUT2D eigenvalue weighted by Gasteiger charge is -2.45. The molecule has 4 rings (SSSR count). The third-order valence-electron chi connectivity index (χ3n) is 6.33. The molecule has 1 aromatic heterocycles. The largest absolute Gasteiger partial charge is 0.465 e. The van der Waals surface area contributed by atoms with Crippen molar-refractivity contribution < 1.29 is 9.90 Å². The molecule has 0 radical (unpaired) electrons. The van der Waals surface area contributed by atoms with Crippen LogP contribution >= 0.6 is 11.3 Å². The number of benzene rings is 1. The van der Waals surface area contributed by atoms with Crippen LogP contribution in [0.25, 0.3) is 0 Å². The van der Waals surface area contributed by atoms with Crippen molar-refractivity contribution in [1.29, 1.82) is 0 Å². The number of nitrogens with two attached hydrogens (primary N) is 1. The van der Waals surface area contributed by atoms with Crippen LogP contribution in [0.5, 0.6) is 0 Å². The van der Waals surface area contributed by atoms with Crippen molar-refractivity contribution in [1.82, 2.24) is 15.5 Å². The van der Waals surface area contributed by atoms with Crippen molar-refractivity contribution in [2.24, 2.45) is 5.41 Å². The van der Waals surface area contributed by atoms with Gasteiger partial charge in [0.05, 0.1) is 0 Å². The summed E-state index contributed by atoms with van der Waals surface area (Å²) in [6.45, 7) is 5.81. The Balaban J connectivity index is 1.58. The molecule has 0 saturated carbocycles. The van der Waals surface area contributed by atoms with Crippen LogP contribution in [-0.2, 0) is 6.42 Å². The minimum Gasteiger partial charge on any atom is -0.465 e. The van der Waals surface area contributed by atoms with Crippen LogP contribution in [0.15, 0.2) is 24.3 Å². The lowest BCUT2D eigenvalue weighted by atomic mass is 9.66. The molecule has 2 aromatic rings. The Labute approximate surface area is 169 Å². The van der Waals surface area contributed by atoms with E-state index in [9.17, 15) is 9.90 Å². The monoisotopic (exact) mass is 401 g/mol. The summed E-state index contributed by atoms with van der Waals surface area (Å²) in [7, 11) is 0. The Morgan fingerprint density at radius 3 is 2.71 bits per heavy atom. The first-order valence-corrected chi connectivity index (χ1v) is 10.5. The maximum atomic E-state index is 11.3. The molecule has 0 bridgehead atoms. The number of hydrogen-bond acceptors (Lipinski definition) is 6. The Kier molecular flexibility index (Phi) is 4.69. The number of nitrogens with one attached hydrogen (secondary N) is 1. The van der Waals surface area contributed by atoms with Crippen LogP contribution in [0.2, 0.25) is 0 Å². The molecule has 1 aromatic carbocycles. The second-order valence-corrected chi connectivity index (χ2v) is 9.71. The SMILES string of the molecule is CC(C)(C[C@@H]1c2ccccc2CC12CCN(c1nnc(N)s1)CC2)NC(=O)O. The second kappa shape index (κ2) is 6.92. The molecule has 1 aliphatic carbocycles. The minimum absolute atomic E-state index is 0.161. The van der Waals surface area contributed by atoms with E-state index in [1.54, 1.807) is 0 Å². The third kappa shape index (κ3) is 3.53. The van der Waals surface area contributed by atoms with Crippen molar-refractivity contribution in [3.63, 3.8) is 0 Å². The average molecular weight is 402 g/mol. The Morgan fingerprint density at radius 2 is 2.07 bits per heavy atom. The number of nitrogens with zero attached hydrogens (tertiary/aromatic N) is 3. The van der Waals surface area contributed by atoms with Crippen molar-refractivity contribution in [2.45, 2.75) is 51.0 Å². The summed E-state index contributed by atoms with van der Waals surface area (Å²) in [5.41, 5.74) is 8.23. The molecule has 7 nitrogen and oxygen atoms in total. The van der Waals surface area contributed by atoms with E-state index in [1.807, 2.05) is 13.8 Å². The second-order valence-electron chi connectivity index (χ2n) is 8.72. The molecule has 2 heterocycles. The highest BCUT2D eigenvalue weighted by Gasteiger charge is 2.49. The van der Waals surface area contributed by atoms with E-state index in [4.69, 9.17) is 5.73 Å². The van der Waals surface area contributed by atoms with Gasteiger partial charge in [0.1, 0.15) is 0 Å². The molecule has 4 N–H and O–H groups in total. The van der Waals surface area contributed by atoms with Gasteiger partial charge in [0.25, 0.3) is 0 Å². The fourth-order valence-electron chi connectivity index (χ4n) is 5.07. The van der Waals surface area contributed by atoms with Gasteiger partial charge in [0, 0.05) is 18.6 Å². The zero-order chi connectivity index (χ0) is 19.9. The topological polar surface area (TPSA) is 104 Å². The Morgan fingerprint density at radius 1 is 1.36 bits per heavy atom. The maximum Gasteiger partial charge on any atom is 0.405 e. The van der Waals surface area contributed by atoms with E-state index >= 15 is 0 Å². The van der Waals surface area contributed by atoms with Crippen LogP contribution in [0.1, 0.15) is 50.2 Å². The molecule has 150 valence electrons. The highest BCUT2D eigenvalue weighted by atomic mass is 32.1. The van der Waals surface area contributed by atoms with Gasteiger partial charge in [0.2, 0.25) is 10.3 Å². The molecule has 28 heavy (non-hydrogen) atoms. The first-order valence-electron chi connectivity index (χ1n) is 9.71. The van der Waals surface area contributed by atoms with E-state index < -0.39 is 11.6 Å². The smallest absolute Gasteiger partial charge is 0.405 e. The first-order chi connectivity index (χ1) is 13.3. The van der Waals surface area contributed by atoms with Crippen LogP contribution in [0, 0.1) is 5.41 Å². The van der Waals surface area contributed by atoms with Gasteiger partial charge >= 0.3 is 6.09 Å². The lowest BCUT2D eigenvalue weighted by Crippen LogP contribution is -2.48. The number of nitrogen functional groups attached to an aromatic ring is 1. The average Bonchev–Trinajstić information content (AvgIpc) is 3.17. The molecule has 1 aliphatic heterocycles. The first kappa shape index (κ1) is 19.0. The predicted molar refractivity (Wildman–Crippen MR) is 111 cm³/mol. The zero-order valence-electron chi connectivity index (χ0n) is 16.3. The molecule has 1 spiro atoms. The number of amides is 1. The molecule has 1 atom stereocenters. The van der Waals surface area contributed by atoms with Crippen molar-refractivity contribution in [3.8, 4) is 0 Å². The normalized spacial score (nSPS) is 20.9. The summed E-state index contributed by atoms with van der Waals surface area (Å²) in [4.78, 5) is 13.5. The van der Waals surface area contributed by atoms with Crippen LogP contribution in [0.3, 0.4) is 0 Å². The minimum atomic E-state index is -0.964. The summed E-state index contributed by atoms with van der Waals surface area (Å²) in [6, 6.07) is 8.66. The maximum absolute atomic E-state index is 11.3. The quantitative estimate of drug-likeness (QED) is 0.724. The van der Waals surface area contributed by atoms with Gasteiger partial charge in [-0.2, -0.15) is 0 Å². The predicted octanol–water partition coefficient (Wildman–Crippen LogP) is 3.48. The third-order valence-corrected chi connectivity index (χ3v) is 7.14. The number of rotatable bonds is 4. The van der Waals surface area contributed by atoms with Crippen LogP contribution < -0.4 is 16.0 Å². The van der Waals surface area contributed by atoms with Crippen LogP contribution in [-0.4, -0.2) is 40.0 Å². The number of aromatic nitrogens is 2.